The number of hydrogen-bond acceptors (Lipinski definition) is 3. The lowest BCUT2D eigenvalue weighted by Crippen LogP contribution is -2.52. The molecule has 0 aromatic rings. The number of likely N-dealkylation sites (tertiary alicyclic amines) is 1. The van der Waals surface area contributed by atoms with E-state index < -0.39 is 0 Å². The Morgan fingerprint density at radius 1 is 1.37 bits per heavy atom. The summed E-state index contributed by atoms with van der Waals surface area (Å²) in [4.78, 5) is 14.5. The van der Waals surface area contributed by atoms with E-state index in [0.29, 0.717) is 19.0 Å². The van der Waals surface area contributed by atoms with Gasteiger partial charge in [-0.3, -0.25) is 9.69 Å². The zero-order valence-electron chi connectivity index (χ0n) is 12.2. The Balaban J connectivity index is 1.90. The predicted octanol–water partition coefficient (Wildman–Crippen LogP) is 1.49. The monoisotopic (exact) mass is 267 g/mol. The van der Waals surface area contributed by atoms with Gasteiger partial charge in [-0.25, -0.2) is 0 Å². The Kier molecular flexibility index (Phi) is 5.64. The third kappa shape index (κ3) is 3.69. The number of fused-ring (bicyclic) bond motifs is 1. The summed E-state index contributed by atoms with van der Waals surface area (Å²) >= 11 is 0. The van der Waals surface area contributed by atoms with Gasteiger partial charge < -0.3 is 11.1 Å². The molecular weight excluding hydrogens is 238 g/mol. The van der Waals surface area contributed by atoms with Crippen molar-refractivity contribution in [1.82, 2.24) is 10.2 Å². The number of rotatable bonds is 6. The molecule has 0 aromatic heterocycles. The Morgan fingerprint density at radius 3 is 2.89 bits per heavy atom. The van der Waals surface area contributed by atoms with Crippen molar-refractivity contribution in [3.63, 3.8) is 0 Å². The second kappa shape index (κ2) is 7.25. The number of piperidine rings is 1. The van der Waals surface area contributed by atoms with Gasteiger partial charge in [-0.2, -0.15) is 0 Å². The Labute approximate surface area is 117 Å². The van der Waals surface area contributed by atoms with Gasteiger partial charge in [-0.15, -0.1) is 0 Å². The summed E-state index contributed by atoms with van der Waals surface area (Å²) < 4.78 is 0. The number of nitrogens with two attached hydrogens (primary N) is 1. The molecule has 1 aliphatic heterocycles. The fourth-order valence-electron chi connectivity index (χ4n) is 3.83. The number of carbonyl (C=O) groups is 1. The number of nitrogens with zero attached hydrogens (tertiary/aromatic N) is 1. The van der Waals surface area contributed by atoms with E-state index in [2.05, 4.69) is 17.1 Å². The number of hydrogen-bond donors (Lipinski definition) is 2. The molecular formula is C15H29N3O. The minimum Gasteiger partial charge on any atom is -0.356 e. The maximum atomic E-state index is 11.9. The van der Waals surface area contributed by atoms with Gasteiger partial charge in [0.15, 0.2) is 0 Å². The molecule has 3 N–H and O–H groups in total. The van der Waals surface area contributed by atoms with Crippen LogP contribution in [-0.4, -0.2) is 42.5 Å². The van der Waals surface area contributed by atoms with Crippen molar-refractivity contribution >= 4 is 5.91 Å². The Hall–Kier alpha value is -0.610. The van der Waals surface area contributed by atoms with E-state index in [1.54, 1.807) is 0 Å². The SMILES string of the molecule is CCCNC(=O)CC(CN)N1CCCC2CCCC21. The number of carbonyl (C=O) groups excluding carboxylic acids is 1. The van der Waals surface area contributed by atoms with Crippen LogP contribution in [0.5, 0.6) is 0 Å². The van der Waals surface area contributed by atoms with Crippen molar-refractivity contribution in [2.24, 2.45) is 11.7 Å². The van der Waals surface area contributed by atoms with Gasteiger partial charge in [0, 0.05) is 31.6 Å². The van der Waals surface area contributed by atoms with Crippen LogP contribution in [0.3, 0.4) is 0 Å². The van der Waals surface area contributed by atoms with E-state index in [1.165, 1.54) is 32.1 Å². The molecule has 2 aliphatic rings. The fourth-order valence-corrected chi connectivity index (χ4v) is 3.83. The standard InChI is InChI=1S/C15H29N3O/c1-2-8-17-15(19)10-13(11-16)18-9-4-6-12-5-3-7-14(12)18/h12-14H,2-11,16H2,1H3,(H,17,19). The summed E-state index contributed by atoms with van der Waals surface area (Å²) in [5, 5.41) is 2.97. The van der Waals surface area contributed by atoms with Crippen LogP contribution in [0.15, 0.2) is 0 Å². The van der Waals surface area contributed by atoms with Gasteiger partial charge >= 0.3 is 0 Å². The van der Waals surface area contributed by atoms with Gasteiger partial charge in [0.2, 0.25) is 5.91 Å². The average Bonchev–Trinajstić information content (AvgIpc) is 2.90. The van der Waals surface area contributed by atoms with Crippen LogP contribution in [0.25, 0.3) is 0 Å². The molecule has 0 aromatic carbocycles. The molecule has 1 amide bonds. The highest BCUT2D eigenvalue weighted by Crippen LogP contribution is 2.37. The van der Waals surface area contributed by atoms with Crippen LogP contribution < -0.4 is 11.1 Å². The smallest absolute Gasteiger partial charge is 0.221 e. The molecule has 0 spiro atoms. The van der Waals surface area contributed by atoms with Crippen LogP contribution in [0.2, 0.25) is 0 Å². The van der Waals surface area contributed by atoms with Crippen molar-refractivity contribution in [3.05, 3.63) is 0 Å². The quantitative estimate of drug-likeness (QED) is 0.766. The van der Waals surface area contributed by atoms with E-state index >= 15 is 0 Å². The van der Waals surface area contributed by atoms with Crippen LogP contribution in [0, 0.1) is 5.92 Å². The predicted molar refractivity (Wildman–Crippen MR) is 77.8 cm³/mol. The fraction of sp³-hybridized carbons (Fsp3) is 0.933. The molecule has 1 saturated carbocycles. The van der Waals surface area contributed by atoms with Crippen LogP contribution in [0.1, 0.15) is 51.9 Å². The minimum absolute atomic E-state index is 0.164. The van der Waals surface area contributed by atoms with Gasteiger partial charge in [-0.05, 0) is 44.6 Å². The molecule has 1 saturated heterocycles. The highest BCUT2D eigenvalue weighted by molar-refractivity contribution is 5.76. The molecule has 3 unspecified atom stereocenters. The molecule has 0 bridgehead atoms. The van der Waals surface area contributed by atoms with Crippen molar-refractivity contribution in [1.29, 1.82) is 0 Å². The lowest BCUT2D eigenvalue weighted by molar-refractivity contribution is -0.122. The van der Waals surface area contributed by atoms with E-state index in [9.17, 15) is 4.79 Å². The third-order valence-electron chi connectivity index (χ3n) is 4.77. The molecule has 3 atom stereocenters. The molecule has 2 fully saturated rings. The van der Waals surface area contributed by atoms with Crippen molar-refractivity contribution in [2.75, 3.05) is 19.6 Å². The zero-order chi connectivity index (χ0) is 13.7. The molecule has 0 radical (unpaired) electrons. The first kappa shape index (κ1) is 14.8. The normalized spacial score (nSPS) is 28.9. The highest BCUT2D eigenvalue weighted by Gasteiger charge is 2.38. The molecule has 19 heavy (non-hydrogen) atoms. The molecule has 110 valence electrons. The first-order valence-electron chi connectivity index (χ1n) is 7.98. The van der Waals surface area contributed by atoms with Crippen molar-refractivity contribution in [2.45, 2.75) is 64.0 Å². The highest BCUT2D eigenvalue weighted by atomic mass is 16.1. The lowest BCUT2D eigenvalue weighted by atomic mass is 9.90. The van der Waals surface area contributed by atoms with Gasteiger partial charge in [-0.1, -0.05) is 13.3 Å². The summed E-state index contributed by atoms with van der Waals surface area (Å²) in [5.41, 5.74) is 5.94. The summed E-state index contributed by atoms with van der Waals surface area (Å²) in [6, 6.07) is 0.934. The second-order valence-electron chi connectivity index (χ2n) is 6.08. The van der Waals surface area contributed by atoms with E-state index in [1.807, 2.05) is 0 Å². The zero-order valence-corrected chi connectivity index (χ0v) is 12.2. The first-order chi connectivity index (χ1) is 9.26. The molecule has 1 aliphatic carbocycles. The van der Waals surface area contributed by atoms with Crippen LogP contribution in [0.4, 0.5) is 0 Å². The number of nitrogens with one attached hydrogen (secondary N) is 1. The summed E-state index contributed by atoms with van der Waals surface area (Å²) in [5.74, 6) is 1.03. The van der Waals surface area contributed by atoms with Crippen molar-refractivity contribution in [3.8, 4) is 0 Å². The summed E-state index contributed by atoms with van der Waals surface area (Å²) in [6.45, 7) is 4.59. The van der Waals surface area contributed by atoms with Gasteiger partial charge in [0.05, 0.1) is 0 Å². The van der Waals surface area contributed by atoms with Gasteiger partial charge in [0.25, 0.3) is 0 Å². The van der Waals surface area contributed by atoms with E-state index in [4.69, 9.17) is 5.73 Å². The summed E-state index contributed by atoms with van der Waals surface area (Å²) in [7, 11) is 0. The second-order valence-corrected chi connectivity index (χ2v) is 6.08. The van der Waals surface area contributed by atoms with Gasteiger partial charge in [0.1, 0.15) is 0 Å². The Morgan fingerprint density at radius 2 is 2.16 bits per heavy atom. The summed E-state index contributed by atoms with van der Waals surface area (Å²) in [6.07, 6.45) is 8.24. The number of amides is 1. The maximum Gasteiger partial charge on any atom is 0.221 e. The van der Waals surface area contributed by atoms with E-state index in [0.717, 1.165) is 25.4 Å². The maximum absolute atomic E-state index is 11.9. The molecule has 4 nitrogen and oxygen atoms in total. The van der Waals surface area contributed by atoms with E-state index in [-0.39, 0.29) is 11.9 Å². The first-order valence-corrected chi connectivity index (χ1v) is 7.98. The topological polar surface area (TPSA) is 58.4 Å². The average molecular weight is 267 g/mol. The van der Waals surface area contributed by atoms with Crippen LogP contribution in [-0.2, 0) is 4.79 Å². The molecule has 2 rings (SSSR count). The third-order valence-corrected chi connectivity index (χ3v) is 4.77. The largest absolute Gasteiger partial charge is 0.356 e. The van der Waals surface area contributed by atoms with Crippen LogP contribution >= 0.6 is 0 Å². The molecule has 1 heterocycles. The minimum atomic E-state index is 0.164. The Bertz CT molecular complexity index is 295. The molecule has 4 heteroatoms. The van der Waals surface area contributed by atoms with Crippen molar-refractivity contribution < 1.29 is 4.79 Å². The lowest BCUT2D eigenvalue weighted by Gasteiger charge is -2.42.